The van der Waals surface area contributed by atoms with Gasteiger partial charge in [-0.2, -0.15) is 0 Å². The molecule has 1 aromatic heterocycles. The molecule has 0 bridgehead atoms. The van der Waals surface area contributed by atoms with E-state index in [0.717, 1.165) is 32.0 Å². The molecule has 6 heteroatoms. The van der Waals surface area contributed by atoms with Crippen LogP contribution in [-0.4, -0.2) is 66.4 Å². The van der Waals surface area contributed by atoms with E-state index >= 15 is 0 Å². The molecule has 0 aromatic carbocycles. The molecule has 1 N–H and O–H groups in total. The molecular formula is C16H23N3O3. The quantitative estimate of drug-likeness (QED) is 0.821. The van der Waals surface area contributed by atoms with Gasteiger partial charge in [0.1, 0.15) is 5.82 Å². The van der Waals surface area contributed by atoms with Crippen LogP contribution >= 0.6 is 0 Å². The lowest BCUT2D eigenvalue weighted by Gasteiger charge is -2.39. The normalized spacial score (nSPS) is 29.5. The standard InChI is InChI=1S/C16H23N3O3/c1-22-16(21)12-10-13(14(20)11-12)18-6-8-19(9-7-18)15-4-2-3-5-17-15/h2-5,12-14,20H,6-11H2,1H3/t12-,13-,14-/m0/s1. The minimum atomic E-state index is -0.439. The van der Waals surface area contributed by atoms with Gasteiger partial charge in [-0.05, 0) is 25.0 Å². The Morgan fingerprint density at radius 1 is 1.27 bits per heavy atom. The van der Waals surface area contributed by atoms with Crippen LogP contribution in [0.5, 0.6) is 0 Å². The van der Waals surface area contributed by atoms with Crippen LogP contribution in [0.25, 0.3) is 0 Å². The Labute approximate surface area is 130 Å². The van der Waals surface area contributed by atoms with Crippen LogP contribution in [0.15, 0.2) is 24.4 Å². The van der Waals surface area contributed by atoms with E-state index in [2.05, 4.69) is 14.8 Å². The molecule has 0 unspecified atom stereocenters. The van der Waals surface area contributed by atoms with Crippen molar-refractivity contribution in [3.63, 3.8) is 0 Å². The Hall–Kier alpha value is -1.66. The van der Waals surface area contributed by atoms with Crippen molar-refractivity contribution >= 4 is 11.8 Å². The number of aliphatic hydroxyl groups excluding tert-OH is 1. The molecule has 0 amide bonds. The SMILES string of the molecule is COC(=O)[C@@H]1C[C@H](O)[C@@H](N2CCN(c3ccccn3)CC2)C1. The molecule has 1 saturated heterocycles. The number of ether oxygens (including phenoxy) is 1. The fourth-order valence-corrected chi connectivity index (χ4v) is 3.57. The van der Waals surface area contributed by atoms with Crippen LogP contribution in [0.2, 0.25) is 0 Å². The molecule has 1 aliphatic heterocycles. The monoisotopic (exact) mass is 305 g/mol. The van der Waals surface area contributed by atoms with Gasteiger partial charge >= 0.3 is 5.97 Å². The highest BCUT2D eigenvalue weighted by molar-refractivity contribution is 5.72. The third-order valence-electron chi connectivity index (χ3n) is 4.79. The first kappa shape index (κ1) is 15.2. The van der Waals surface area contributed by atoms with Crippen LogP contribution in [0, 0.1) is 5.92 Å². The van der Waals surface area contributed by atoms with E-state index in [9.17, 15) is 9.90 Å². The second-order valence-corrected chi connectivity index (χ2v) is 6.04. The molecule has 0 radical (unpaired) electrons. The van der Waals surface area contributed by atoms with Gasteiger partial charge in [0.05, 0.1) is 19.1 Å². The summed E-state index contributed by atoms with van der Waals surface area (Å²) in [6.07, 6.45) is 2.57. The molecular weight excluding hydrogens is 282 g/mol. The number of hydrogen-bond donors (Lipinski definition) is 1. The van der Waals surface area contributed by atoms with E-state index in [1.165, 1.54) is 7.11 Å². The molecule has 0 spiro atoms. The van der Waals surface area contributed by atoms with Crippen LogP contribution in [0.1, 0.15) is 12.8 Å². The van der Waals surface area contributed by atoms with Crippen molar-refractivity contribution in [1.82, 2.24) is 9.88 Å². The van der Waals surface area contributed by atoms with E-state index < -0.39 is 6.10 Å². The predicted octanol–water partition coefficient (Wildman–Crippen LogP) is 0.516. The van der Waals surface area contributed by atoms with Gasteiger partial charge in [-0.3, -0.25) is 9.69 Å². The van der Waals surface area contributed by atoms with Crippen LogP contribution < -0.4 is 4.90 Å². The Bertz CT molecular complexity index is 503. The number of piperazine rings is 1. The Balaban J connectivity index is 1.56. The van der Waals surface area contributed by atoms with Gasteiger partial charge in [0, 0.05) is 38.4 Å². The molecule has 1 saturated carbocycles. The number of hydrogen-bond acceptors (Lipinski definition) is 6. The number of anilines is 1. The van der Waals surface area contributed by atoms with E-state index in [0.29, 0.717) is 12.8 Å². The molecule has 3 rings (SSSR count). The van der Waals surface area contributed by atoms with Crippen molar-refractivity contribution in [2.24, 2.45) is 5.92 Å². The molecule has 1 aliphatic carbocycles. The molecule has 22 heavy (non-hydrogen) atoms. The number of aromatic nitrogens is 1. The first-order valence-electron chi connectivity index (χ1n) is 7.85. The summed E-state index contributed by atoms with van der Waals surface area (Å²) >= 11 is 0. The van der Waals surface area contributed by atoms with E-state index in [1.54, 1.807) is 0 Å². The van der Waals surface area contributed by atoms with Gasteiger partial charge in [0.15, 0.2) is 0 Å². The smallest absolute Gasteiger partial charge is 0.308 e. The van der Waals surface area contributed by atoms with Crippen molar-refractivity contribution in [1.29, 1.82) is 0 Å². The minimum absolute atomic E-state index is 0.0648. The summed E-state index contributed by atoms with van der Waals surface area (Å²) < 4.78 is 4.81. The molecule has 6 nitrogen and oxygen atoms in total. The highest BCUT2D eigenvalue weighted by atomic mass is 16.5. The summed E-state index contributed by atoms with van der Waals surface area (Å²) in [5.74, 6) is 0.633. The van der Waals surface area contributed by atoms with Crippen LogP contribution in [-0.2, 0) is 9.53 Å². The number of aliphatic hydroxyl groups is 1. The van der Waals surface area contributed by atoms with Crippen molar-refractivity contribution in [2.75, 3.05) is 38.2 Å². The number of pyridine rings is 1. The van der Waals surface area contributed by atoms with Crippen molar-refractivity contribution in [3.8, 4) is 0 Å². The number of methoxy groups -OCH3 is 1. The maximum atomic E-state index is 11.7. The highest BCUT2D eigenvalue weighted by Gasteiger charge is 2.41. The lowest BCUT2D eigenvalue weighted by molar-refractivity contribution is -0.145. The average Bonchev–Trinajstić information content (AvgIpc) is 2.97. The Kier molecular flexibility index (Phi) is 4.59. The number of esters is 1. The second kappa shape index (κ2) is 6.62. The topological polar surface area (TPSA) is 65.9 Å². The van der Waals surface area contributed by atoms with Gasteiger partial charge in [0.25, 0.3) is 0 Å². The third-order valence-corrected chi connectivity index (χ3v) is 4.79. The minimum Gasteiger partial charge on any atom is -0.469 e. The summed E-state index contributed by atoms with van der Waals surface area (Å²) in [6, 6.07) is 6.00. The summed E-state index contributed by atoms with van der Waals surface area (Å²) in [5, 5.41) is 10.3. The number of rotatable bonds is 3. The summed E-state index contributed by atoms with van der Waals surface area (Å²) in [4.78, 5) is 20.6. The first-order chi connectivity index (χ1) is 10.7. The summed E-state index contributed by atoms with van der Waals surface area (Å²) in [5.41, 5.74) is 0. The van der Waals surface area contributed by atoms with Gasteiger partial charge in [-0.15, -0.1) is 0 Å². The van der Waals surface area contributed by atoms with Gasteiger partial charge in [0.2, 0.25) is 0 Å². The first-order valence-corrected chi connectivity index (χ1v) is 7.85. The third kappa shape index (κ3) is 3.08. The number of nitrogens with zero attached hydrogens (tertiary/aromatic N) is 3. The molecule has 2 fully saturated rings. The van der Waals surface area contributed by atoms with Crippen molar-refractivity contribution in [2.45, 2.75) is 25.0 Å². The van der Waals surface area contributed by atoms with Crippen molar-refractivity contribution < 1.29 is 14.6 Å². The van der Waals surface area contributed by atoms with Crippen LogP contribution in [0.3, 0.4) is 0 Å². The molecule has 120 valence electrons. The zero-order chi connectivity index (χ0) is 15.5. The average molecular weight is 305 g/mol. The van der Waals surface area contributed by atoms with Gasteiger partial charge in [-0.25, -0.2) is 4.98 Å². The number of carbonyl (C=O) groups excluding carboxylic acids is 1. The molecule has 1 aromatic rings. The zero-order valence-electron chi connectivity index (χ0n) is 12.9. The van der Waals surface area contributed by atoms with E-state index in [-0.39, 0.29) is 17.9 Å². The van der Waals surface area contributed by atoms with E-state index in [4.69, 9.17) is 4.74 Å². The fourth-order valence-electron chi connectivity index (χ4n) is 3.57. The Morgan fingerprint density at radius 3 is 2.68 bits per heavy atom. The largest absolute Gasteiger partial charge is 0.469 e. The summed E-state index contributed by atoms with van der Waals surface area (Å²) in [6.45, 7) is 3.55. The van der Waals surface area contributed by atoms with Crippen LogP contribution in [0.4, 0.5) is 5.82 Å². The maximum Gasteiger partial charge on any atom is 0.308 e. The summed E-state index contributed by atoms with van der Waals surface area (Å²) in [7, 11) is 1.41. The van der Waals surface area contributed by atoms with Gasteiger partial charge < -0.3 is 14.7 Å². The maximum absolute atomic E-state index is 11.7. The zero-order valence-corrected chi connectivity index (χ0v) is 12.9. The predicted molar refractivity (Wildman–Crippen MR) is 82.6 cm³/mol. The molecule has 2 heterocycles. The van der Waals surface area contributed by atoms with Gasteiger partial charge in [-0.1, -0.05) is 6.07 Å². The van der Waals surface area contributed by atoms with Crippen molar-refractivity contribution in [3.05, 3.63) is 24.4 Å². The molecule has 2 aliphatic rings. The van der Waals surface area contributed by atoms with E-state index in [1.807, 2.05) is 24.4 Å². The lowest BCUT2D eigenvalue weighted by Crippen LogP contribution is -2.52. The Morgan fingerprint density at radius 2 is 2.05 bits per heavy atom. The second-order valence-electron chi connectivity index (χ2n) is 6.04. The fraction of sp³-hybridized carbons (Fsp3) is 0.625. The highest BCUT2D eigenvalue weighted by Crippen LogP contribution is 2.31. The molecule has 3 atom stereocenters. The number of carbonyl (C=O) groups is 1. The lowest BCUT2D eigenvalue weighted by atomic mass is 10.1.